The summed E-state index contributed by atoms with van der Waals surface area (Å²) in [6.07, 6.45) is 0. The minimum absolute atomic E-state index is 0.131. The van der Waals surface area contributed by atoms with Crippen LogP contribution in [0, 0.1) is 0 Å². The van der Waals surface area contributed by atoms with E-state index in [0.29, 0.717) is 11.3 Å². The van der Waals surface area contributed by atoms with Crippen LogP contribution in [0.1, 0.15) is 10.4 Å². The Labute approximate surface area is 111 Å². The number of esters is 1. The van der Waals surface area contributed by atoms with Gasteiger partial charge in [-0.15, -0.1) is 0 Å². The predicted molar refractivity (Wildman–Crippen MR) is 71.4 cm³/mol. The number of methoxy groups -OCH3 is 2. The van der Waals surface area contributed by atoms with Crippen LogP contribution in [0.25, 0.3) is 11.1 Å². The number of carbonyl (C=O) groups is 1. The van der Waals surface area contributed by atoms with Crippen LogP contribution in [0.2, 0.25) is 0 Å². The monoisotopic (exact) mass is 258 g/mol. The number of hydrogen-bond donors (Lipinski definition) is 1. The van der Waals surface area contributed by atoms with Crippen LogP contribution in [-0.2, 0) is 4.74 Å². The van der Waals surface area contributed by atoms with Gasteiger partial charge in [0.2, 0.25) is 0 Å². The molecule has 0 aliphatic rings. The number of phenolic OH excluding ortho intramolecular Hbond substituents is 1. The van der Waals surface area contributed by atoms with Crippen LogP contribution in [0.3, 0.4) is 0 Å². The van der Waals surface area contributed by atoms with Gasteiger partial charge in [0.15, 0.2) is 0 Å². The molecule has 4 heteroatoms. The molecule has 0 saturated heterocycles. The van der Waals surface area contributed by atoms with Crippen molar-refractivity contribution in [3.63, 3.8) is 0 Å². The Morgan fingerprint density at radius 2 is 1.68 bits per heavy atom. The van der Waals surface area contributed by atoms with Crippen LogP contribution in [-0.4, -0.2) is 25.3 Å². The maximum atomic E-state index is 11.3. The number of rotatable bonds is 3. The standard InChI is InChI=1S/C15H14O4/c1-18-14-8-12(7-13(16)9-14)10-3-5-11(6-4-10)15(17)19-2/h3-9,16H,1-2H3. The summed E-state index contributed by atoms with van der Waals surface area (Å²) in [5, 5.41) is 9.61. The molecule has 0 saturated carbocycles. The average Bonchev–Trinajstić information content (AvgIpc) is 2.46. The molecule has 0 radical (unpaired) electrons. The molecular formula is C15H14O4. The van der Waals surface area contributed by atoms with Crippen molar-refractivity contribution < 1.29 is 19.4 Å². The molecule has 2 aromatic carbocycles. The third kappa shape index (κ3) is 2.85. The summed E-state index contributed by atoms with van der Waals surface area (Å²) >= 11 is 0. The lowest BCUT2D eigenvalue weighted by atomic mass is 10.0. The number of aromatic hydroxyl groups is 1. The van der Waals surface area contributed by atoms with Crippen molar-refractivity contribution in [1.82, 2.24) is 0 Å². The van der Waals surface area contributed by atoms with Crippen molar-refractivity contribution in [3.8, 4) is 22.6 Å². The van der Waals surface area contributed by atoms with Gasteiger partial charge >= 0.3 is 5.97 Å². The zero-order valence-corrected chi connectivity index (χ0v) is 10.7. The van der Waals surface area contributed by atoms with E-state index >= 15 is 0 Å². The molecule has 0 unspecified atom stereocenters. The first-order valence-corrected chi connectivity index (χ1v) is 5.71. The van der Waals surface area contributed by atoms with E-state index in [1.54, 1.807) is 37.4 Å². The molecule has 2 aromatic rings. The molecular weight excluding hydrogens is 244 g/mol. The minimum Gasteiger partial charge on any atom is -0.508 e. The number of carbonyl (C=O) groups excluding carboxylic acids is 1. The van der Waals surface area contributed by atoms with E-state index in [-0.39, 0.29) is 11.7 Å². The smallest absolute Gasteiger partial charge is 0.337 e. The highest BCUT2D eigenvalue weighted by atomic mass is 16.5. The Bertz CT molecular complexity index is 588. The molecule has 0 aliphatic heterocycles. The highest BCUT2D eigenvalue weighted by molar-refractivity contribution is 5.90. The van der Waals surface area contributed by atoms with Gasteiger partial charge in [-0.3, -0.25) is 0 Å². The topological polar surface area (TPSA) is 55.8 Å². The number of benzene rings is 2. The Kier molecular flexibility index (Phi) is 3.71. The molecule has 0 spiro atoms. The molecule has 0 bridgehead atoms. The fourth-order valence-electron chi connectivity index (χ4n) is 1.78. The summed E-state index contributed by atoms with van der Waals surface area (Å²) in [4.78, 5) is 11.3. The summed E-state index contributed by atoms with van der Waals surface area (Å²) in [5.41, 5.74) is 2.17. The van der Waals surface area contributed by atoms with E-state index in [9.17, 15) is 9.90 Å². The van der Waals surface area contributed by atoms with E-state index in [4.69, 9.17) is 4.74 Å². The van der Waals surface area contributed by atoms with E-state index in [1.165, 1.54) is 13.2 Å². The van der Waals surface area contributed by atoms with Crippen LogP contribution in [0.4, 0.5) is 0 Å². The quantitative estimate of drug-likeness (QED) is 0.860. The van der Waals surface area contributed by atoms with Gasteiger partial charge in [-0.05, 0) is 35.4 Å². The van der Waals surface area contributed by atoms with Gasteiger partial charge in [0.05, 0.1) is 19.8 Å². The molecule has 4 nitrogen and oxygen atoms in total. The van der Waals surface area contributed by atoms with Crippen LogP contribution in [0.5, 0.6) is 11.5 Å². The predicted octanol–water partition coefficient (Wildman–Crippen LogP) is 2.85. The van der Waals surface area contributed by atoms with Crippen molar-refractivity contribution in [3.05, 3.63) is 48.0 Å². The van der Waals surface area contributed by atoms with E-state index in [1.807, 2.05) is 6.07 Å². The summed E-state index contributed by atoms with van der Waals surface area (Å²) in [5.74, 6) is 0.332. The zero-order valence-electron chi connectivity index (χ0n) is 10.7. The van der Waals surface area contributed by atoms with Gasteiger partial charge in [0, 0.05) is 6.07 Å². The van der Waals surface area contributed by atoms with Crippen LogP contribution in [0.15, 0.2) is 42.5 Å². The van der Waals surface area contributed by atoms with E-state index < -0.39 is 0 Å². The van der Waals surface area contributed by atoms with Crippen molar-refractivity contribution in [2.75, 3.05) is 14.2 Å². The molecule has 0 heterocycles. The van der Waals surface area contributed by atoms with Crippen molar-refractivity contribution in [1.29, 1.82) is 0 Å². The number of hydrogen-bond acceptors (Lipinski definition) is 4. The first-order valence-electron chi connectivity index (χ1n) is 5.71. The Morgan fingerprint density at radius 1 is 1.00 bits per heavy atom. The van der Waals surface area contributed by atoms with Gasteiger partial charge < -0.3 is 14.6 Å². The third-order valence-corrected chi connectivity index (χ3v) is 2.77. The Hall–Kier alpha value is -2.49. The molecule has 0 aliphatic carbocycles. The third-order valence-electron chi connectivity index (χ3n) is 2.77. The van der Waals surface area contributed by atoms with Gasteiger partial charge in [0.1, 0.15) is 11.5 Å². The zero-order chi connectivity index (χ0) is 13.8. The summed E-state index contributed by atoms with van der Waals surface area (Å²) in [6, 6.07) is 11.9. The summed E-state index contributed by atoms with van der Waals surface area (Å²) in [7, 11) is 2.88. The van der Waals surface area contributed by atoms with Crippen molar-refractivity contribution >= 4 is 5.97 Å². The van der Waals surface area contributed by atoms with Gasteiger partial charge in [-0.1, -0.05) is 12.1 Å². The van der Waals surface area contributed by atoms with Gasteiger partial charge in [0.25, 0.3) is 0 Å². The first-order chi connectivity index (χ1) is 9.13. The molecule has 98 valence electrons. The van der Waals surface area contributed by atoms with Crippen LogP contribution < -0.4 is 4.74 Å². The van der Waals surface area contributed by atoms with E-state index in [0.717, 1.165) is 11.1 Å². The molecule has 0 fully saturated rings. The molecule has 0 atom stereocenters. The van der Waals surface area contributed by atoms with Crippen LogP contribution >= 0.6 is 0 Å². The average molecular weight is 258 g/mol. The number of phenols is 1. The van der Waals surface area contributed by atoms with Crippen molar-refractivity contribution in [2.24, 2.45) is 0 Å². The largest absolute Gasteiger partial charge is 0.508 e. The van der Waals surface area contributed by atoms with Gasteiger partial charge in [-0.2, -0.15) is 0 Å². The lowest BCUT2D eigenvalue weighted by Crippen LogP contribution is -2.00. The second-order valence-corrected chi connectivity index (χ2v) is 3.99. The number of ether oxygens (including phenoxy) is 2. The Morgan fingerprint density at radius 3 is 2.26 bits per heavy atom. The fraction of sp³-hybridized carbons (Fsp3) is 0.133. The van der Waals surface area contributed by atoms with Crippen molar-refractivity contribution in [2.45, 2.75) is 0 Å². The molecule has 2 rings (SSSR count). The second-order valence-electron chi connectivity index (χ2n) is 3.99. The maximum absolute atomic E-state index is 11.3. The molecule has 1 N–H and O–H groups in total. The second kappa shape index (κ2) is 5.44. The fourth-order valence-corrected chi connectivity index (χ4v) is 1.78. The van der Waals surface area contributed by atoms with E-state index in [2.05, 4.69) is 4.74 Å². The minimum atomic E-state index is -0.375. The Balaban J connectivity index is 2.37. The van der Waals surface area contributed by atoms with Gasteiger partial charge in [-0.25, -0.2) is 4.79 Å². The lowest BCUT2D eigenvalue weighted by Gasteiger charge is -2.07. The SMILES string of the molecule is COC(=O)c1ccc(-c2cc(O)cc(OC)c2)cc1. The normalized spacial score (nSPS) is 10.0. The molecule has 0 amide bonds. The highest BCUT2D eigenvalue weighted by Gasteiger charge is 2.07. The summed E-state index contributed by atoms with van der Waals surface area (Å²) < 4.78 is 9.74. The summed E-state index contributed by atoms with van der Waals surface area (Å²) in [6.45, 7) is 0. The lowest BCUT2D eigenvalue weighted by molar-refractivity contribution is 0.0601. The molecule has 0 aromatic heterocycles. The first kappa shape index (κ1) is 13.0. The highest BCUT2D eigenvalue weighted by Crippen LogP contribution is 2.29. The molecule has 19 heavy (non-hydrogen) atoms. The maximum Gasteiger partial charge on any atom is 0.337 e.